The van der Waals surface area contributed by atoms with Crippen molar-refractivity contribution in [3.8, 4) is 22.6 Å². The Balaban J connectivity index is 1.79. The number of aromatic nitrogens is 2. The predicted octanol–water partition coefficient (Wildman–Crippen LogP) is 5.94. The summed E-state index contributed by atoms with van der Waals surface area (Å²) in [6.07, 6.45) is -1.28. The Labute approximate surface area is 234 Å². The molecule has 212 valence electrons. The number of ether oxygens (including phenoxy) is 2. The molecule has 0 saturated carbocycles. The van der Waals surface area contributed by atoms with Gasteiger partial charge in [-0.05, 0) is 43.3 Å². The first-order chi connectivity index (χ1) is 19.6. The van der Waals surface area contributed by atoms with Crippen molar-refractivity contribution >= 4 is 28.9 Å². The minimum atomic E-state index is -4.66. The number of carbonyl (C=O) groups is 2. The van der Waals surface area contributed by atoms with Crippen LogP contribution in [0.4, 0.5) is 30.2 Å². The van der Waals surface area contributed by atoms with Gasteiger partial charge >= 0.3 is 6.18 Å². The first-order valence-electron chi connectivity index (χ1n) is 12.8. The quantitative estimate of drug-likeness (QED) is 0.271. The van der Waals surface area contributed by atoms with E-state index in [4.69, 9.17) is 9.47 Å². The van der Waals surface area contributed by atoms with Crippen LogP contribution in [-0.4, -0.2) is 42.4 Å². The van der Waals surface area contributed by atoms with Crippen LogP contribution < -0.4 is 19.3 Å². The molecule has 0 spiro atoms. The average molecular weight is 565 g/mol. The van der Waals surface area contributed by atoms with Crippen LogP contribution in [0, 0.1) is 0 Å². The number of benzene rings is 3. The van der Waals surface area contributed by atoms with E-state index in [1.165, 1.54) is 30.1 Å². The van der Waals surface area contributed by atoms with E-state index in [2.05, 4.69) is 5.10 Å². The highest BCUT2D eigenvalue weighted by Gasteiger charge is 2.44. The van der Waals surface area contributed by atoms with E-state index in [1.54, 1.807) is 73.5 Å². The van der Waals surface area contributed by atoms with E-state index in [0.717, 1.165) is 12.1 Å². The van der Waals surface area contributed by atoms with Crippen LogP contribution in [0.3, 0.4) is 0 Å². The average Bonchev–Trinajstić information content (AvgIpc) is 3.36. The molecule has 11 heteroatoms. The molecule has 2 heterocycles. The maximum Gasteiger partial charge on any atom is 0.416 e. The van der Waals surface area contributed by atoms with Gasteiger partial charge in [0.15, 0.2) is 0 Å². The zero-order valence-electron chi connectivity index (χ0n) is 22.8. The molecule has 0 aliphatic carbocycles. The number of halogens is 3. The number of para-hydroxylation sites is 1. The minimum absolute atomic E-state index is 0.0475. The Hall–Kier alpha value is -4.80. The second-order valence-electron chi connectivity index (χ2n) is 9.42. The molecule has 1 atom stereocenters. The summed E-state index contributed by atoms with van der Waals surface area (Å²) >= 11 is 0. The number of likely N-dealkylation sites (N-methyl/N-ethyl adjacent to an activating group) is 1. The third-order valence-corrected chi connectivity index (χ3v) is 7.02. The smallest absolute Gasteiger partial charge is 0.416 e. The van der Waals surface area contributed by atoms with Crippen molar-refractivity contribution in [3.63, 3.8) is 0 Å². The predicted molar refractivity (Wildman–Crippen MR) is 148 cm³/mol. The number of methoxy groups -OCH3 is 2. The van der Waals surface area contributed by atoms with Gasteiger partial charge in [-0.3, -0.25) is 19.2 Å². The van der Waals surface area contributed by atoms with Crippen LogP contribution in [0.5, 0.6) is 11.5 Å². The van der Waals surface area contributed by atoms with E-state index < -0.39 is 29.5 Å². The monoisotopic (exact) mass is 564 g/mol. The molecular weight excluding hydrogens is 537 g/mol. The summed E-state index contributed by atoms with van der Waals surface area (Å²) in [5, 5.41) is 4.22. The number of anilines is 3. The fraction of sp³-hybridized carbons (Fsp3) is 0.233. The summed E-state index contributed by atoms with van der Waals surface area (Å²) in [5.74, 6) is -2.13. The van der Waals surface area contributed by atoms with Gasteiger partial charge in [0.1, 0.15) is 17.4 Å². The summed E-state index contributed by atoms with van der Waals surface area (Å²) in [7, 11) is 4.65. The van der Waals surface area contributed by atoms with Gasteiger partial charge in [-0.1, -0.05) is 18.2 Å². The van der Waals surface area contributed by atoms with Crippen LogP contribution in [0.25, 0.3) is 11.1 Å². The Kier molecular flexibility index (Phi) is 7.20. The van der Waals surface area contributed by atoms with Gasteiger partial charge in [0.25, 0.3) is 0 Å². The van der Waals surface area contributed by atoms with Crippen molar-refractivity contribution in [1.29, 1.82) is 0 Å². The van der Waals surface area contributed by atoms with Crippen LogP contribution in [0.1, 0.15) is 24.0 Å². The topological polar surface area (TPSA) is 76.9 Å². The second kappa shape index (κ2) is 10.6. The lowest BCUT2D eigenvalue weighted by Gasteiger charge is -2.26. The zero-order valence-corrected chi connectivity index (χ0v) is 22.8. The summed E-state index contributed by atoms with van der Waals surface area (Å²) in [6.45, 7) is 1.81. The van der Waals surface area contributed by atoms with E-state index >= 15 is 0 Å². The third kappa shape index (κ3) is 4.88. The van der Waals surface area contributed by atoms with E-state index in [0.29, 0.717) is 22.6 Å². The number of rotatable bonds is 6. The van der Waals surface area contributed by atoms with E-state index in [9.17, 15) is 22.8 Å². The minimum Gasteiger partial charge on any atom is -0.496 e. The van der Waals surface area contributed by atoms with E-state index in [-0.39, 0.29) is 29.2 Å². The van der Waals surface area contributed by atoms with Crippen molar-refractivity contribution in [3.05, 3.63) is 84.2 Å². The van der Waals surface area contributed by atoms with Crippen molar-refractivity contribution in [2.24, 2.45) is 7.05 Å². The Bertz CT molecular complexity index is 1620. The molecule has 5 rings (SSSR count). The van der Waals surface area contributed by atoms with Gasteiger partial charge in [-0.2, -0.15) is 18.3 Å². The molecule has 0 radical (unpaired) electrons. The molecule has 2 amide bonds. The number of hydrogen-bond donors (Lipinski definition) is 0. The lowest BCUT2D eigenvalue weighted by atomic mass is 9.91. The molecule has 1 aliphatic rings. The number of nitrogens with zero attached hydrogens (tertiary/aromatic N) is 4. The van der Waals surface area contributed by atoms with Crippen LogP contribution in [0.2, 0.25) is 0 Å². The standard InChI is InChI=1S/C30H27F3N4O4/c1-5-36-23-12-11-19(30(31,32)33)13-24(23)37(20-9-7-6-8-10-20)29(39)27(28(36)38)22-14-21(18-16-34-35(2)17-18)25(40-3)15-26(22)41-4/h6-17,27H,5H2,1-4H3. The molecule has 0 fully saturated rings. The zero-order chi connectivity index (χ0) is 29.5. The lowest BCUT2D eigenvalue weighted by molar-refractivity contribution is -0.137. The van der Waals surface area contributed by atoms with Crippen molar-refractivity contribution in [2.75, 3.05) is 30.6 Å². The van der Waals surface area contributed by atoms with Gasteiger partial charge < -0.3 is 14.4 Å². The largest absolute Gasteiger partial charge is 0.496 e. The van der Waals surface area contributed by atoms with Crippen LogP contribution in [-0.2, 0) is 22.8 Å². The second-order valence-corrected chi connectivity index (χ2v) is 9.42. The molecule has 0 saturated heterocycles. The maximum atomic E-state index is 14.5. The first kappa shape index (κ1) is 27.8. The summed E-state index contributed by atoms with van der Waals surface area (Å²) in [6, 6.07) is 14.6. The fourth-order valence-electron chi connectivity index (χ4n) is 5.11. The molecule has 4 aromatic rings. The van der Waals surface area contributed by atoms with Crippen LogP contribution >= 0.6 is 0 Å². The fourth-order valence-corrected chi connectivity index (χ4v) is 5.11. The normalized spacial score (nSPS) is 15.5. The molecular formula is C30H27F3N4O4. The molecule has 0 N–H and O–H groups in total. The van der Waals surface area contributed by atoms with Crippen LogP contribution in [0.15, 0.2) is 73.1 Å². The van der Waals surface area contributed by atoms with Gasteiger partial charge in [0.2, 0.25) is 11.8 Å². The molecule has 1 aliphatic heterocycles. The molecule has 1 unspecified atom stereocenters. The summed E-state index contributed by atoms with van der Waals surface area (Å²) in [4.78, 5) is 31.3. The highest BCUT2D eigenvalue weighted by Crippen LogP contribution is 2.47. The maximum absolute atomic E-state index is 14.5. The summed E-state index contributed by atoms with van der Waals surface area (Å²) < 4.78 is 54.3. The molecule has 3 aromatic carbocycles. The van der Waals surface area contributed by atoms with E-state index in [1.807, 2.05) is 0 Å². The number of hydrogen-bond acceptors (Lipinski definition) is 5. The van der Waals surface area contributed by atoms with Gasteiger partial charge in [-0.25, -0.2) is 0 Å². The lowest BCUT2D eigenvalue weighted by Crippen LogP contribution is -2.39. The Morgan fingerprint density at radius 1 is 0.902 bits per heavy atom. The molecule has 0 bridgehead atoms. The highest BCUT2D eigenvalue weighted by molar-refractivity contribution is 6.23. The number of carbonyl (C=O) groups excluding carboxylic acids is 2. The third-order valence-electron chi connectivity index (χ3n) is 7.02. The first-order valence-corrected chi connectivity index (χ1v) is 12.8. The number of fused-ring (bicyclic) bond motifs is 1. The van der Waals surface area contributed by atoms with Gasteiger partial charge in [0, 0.05) is 48.2 Å². The van der Waals surface area contributed by atoms with Gasteiger partial charge in [-0.15, -0.1) is 0 Å². The van der Waals surface area contributed by atoms with Gasteiger partial charge in [0.05, 0.1) is 37.4 Å². The Morgan fingerprint density at radius 2 is 1.61 bits per heavy atom. The van der Waals surface area contributed by atoms with Crippen molar-refractivity contribution in [1.82, 2.24) is 9.78 Å². The number of aryl methyl sites for hydroxylation is 1. The molecule has 41 heavy (non-hydrogen) atoms. The number of alkyl halides is 3. The summed E-state index contributed by atoms with van der Waals surface area (Å²) in [5.41, 5.74) is 0.991. The molecule has 8 nitrogen and oxygen atoms in total. The van der Waals surface area contributed by atoms with Crippen molar-refractivity contribution < 1.29 is 32.2 Å². The molecule has 1 aromatic heterocycles. The highest BCUT2D eigenvalue weighted by atomic mass is 19.4. The number of amides is 2. The SMILES string of the molecule is CCN1C(=O)C(c2cc(-c3cnn(C)c3)c(OC)cc2OC)C(=O)N(c2ccccc2)c2cc(C(F)(F)F)ccc21. The van der Waals surface area contributed by atoms with Crippen molar-refractivity contribution in [2.45, 2.75) is 19.0 Å². The Morgan fingerprint density at radius 3 is 2.20 bits per heavy atom.